The molecule has 0 spiro atoms. The SMILES string of the molecule is CC(C)N(CC1CC1)C(=O)c1ccc(CN)cn1. The first kappa shape index (κ1) is 13.0. The quantitative estimate of drug-likeness (QED) is 0.863. The van der Waals surface area contributed by atoms with Crippen LogP contribution in [0.1, 0.15) is 42.7 Å². The highest BCUT2D eigenvalue weighted by Crippen LogP contribution is 2.30. The van der Waals surface area contributed by atoms with E-state index in [-0.39, 0.29) is 11.9 Å². The lowest BCUT2D eigenvalue weighted by atomic mass is 10.2. The molecule has 0 aromatic carbocycles. The van der Waals surface area contributed by atoms with Gasteiger partial charge in [-0.1, -0.05) is 6.07 Å². The van der Waals surface area contributed by atoms with Crippen molar-refractivity contribution in [2.45, 2.75) is 39.3 Å². The Kier molecular flexibility index (Phi) is 3.97. The Balaban J connectivity index is 2.10. The van der Waals surface area contributed by atoms with Crippen molar-refractivity contribution in [2.24, 2.45) is 11.7 Å². The number of pyridine rings is 1. The van der Waals surface area contributed by atoms with Crippen molar-refractivity contribution in [1.82, 2.24) is 9.88 Å². The Labute approximate surface area is 108 Å². The molecule has 1 aliphatic carbocycles. The zero-order valence-electron chi connectivity index (χ0n) is 11.1. The van der Waals surface area contributed by atoms with E-state index in [2.05, 4.69) is 18.8 Å². The Bertz CT molecular complexity index is 410. The molecule has 1 aromatic rings. The molecular formula is C14H21N3O. The molecule has 1 saturated carbocycles. The average molecular weight is 247 g/mol. The summed E-state index contributed by atoms with van der Waals surface area (Å²) in [5.41, 5.74) is 6.99. The number of carbonyl (C=O) groups excluding carboxylic acids is 1. The number of nitrogens with two attached hydrogens (primary N) is 1. The standard InChI is InChI=1S/C14H21N3O/c1-10(2)17(9-11-3-4-11)14(18)13-6-5-12(7-15)8-16-13/h5-6,8,10-11H,3-4,7,9,15H2,1-2H3. The van der Waals surface area contributed by atoms with Gasteiger partial charge < -0.3 is 10.6 Å². The average Bonchev–Trinajstić information content (AvgIpc) is 3.19. The van der Waals surface area contributed by atoms with Gasteiger partial charge in [-0.25, -0.2) is 0 Å². The topological polar surface area (TPSA) is 59.2 Å². The molecule has 1 aromatic heterocycles. The van der Waals surface area contributed by atoms with Crippen LogP contribution in [-0.4, -0.2) is 28.4 Å². The fourth-order valence-electron chi connectivity index (χ4n) is 1.93. The number of carbonyl (C=O) groups is 1. The van der Waals surface area contributed by atoms with E-state index < -0.39 is 0 Å². The summed E-state index contributed by atoms with van der Waals surface area (Å²) in [7, 11) is 0. The number of hydrogen-bond donors (Lipinski definition) is 1. The largest absolute Gasteiger partial charge is 0.335 e. The van der Waals surface area contributed by atoms with Crippen LogP contribution >= 0.6 is 0 Å². The van der Waals surface area contributed by atoms with Crippen molar-refractivity contribution >= 4 is 5.91 Å². The van der Waals surface area contributed by atoms with E-state index in [0.717, 1.165) is 12.1 Å². The molecule has 0 bridgehead atoms. The van der Waals surface area contributed by atoms with Crippen LogP contribution in [0, 0.1) is 5.92 Å². The molecule has 2 rings (SSSR count). The van der Waals surface area contributed by atoms with Crippen LogP contribution < -0.4 is 5.73 Å². The maximum absolute atomic E-state index is 12.4. The molecule has 1 fully saturated rings. The molecule has 4 heteroatoms. The van der Waals surface area contributed by atoms with Gasteiger partial charge >= 0.3 is 0 Å². The third-order valence-electron chi connectivity index (χ3n) is 3.32. The van der Waals surface area contributed by atoms with E-state index in [1.165, 1.54) is 12.8 Å². The number of nitrogens with zero attached hydrogens (tertiary/aromatic N) is 2. The lowest BCUT2D eigenvalue weighted by Gasteiger charge is -2.26. The van der Waals surface area contributed by atoms with Crippen LogP contribution in [0.4, 0.5) is 0 Å². The molecule has 1 amide bonds. The lowest BCUT2D eigenvalue weighted by molar-refractivity contribution is 0.0690. The van der Waals surface area contributed by atoms with E-state index >= 15 is 0 Å². The minimum atomic E-state index is 0.0282. The zero-order chi connectivity index (χ0) is 13.1. The monoisotopic (exact) mass is 247 g/mol. The lowest BCUT2D eigenvalue weighted by Crippen LogP contribution is -2.38. The predicted octanol–water partition coefficient (Wildman–Crippen LogP) is 1.80. The summed E-state index contributed by atoms with van der Waals surface area (Å²) in [6.07, 6.45) is 4.18. The first-order chi connectivity index (χ1) is 8.61. The second-order valence-electron chi connectivity index (χ2n) is 5.25. The van der Waals surface area contributed by atoms with Crippen molar-refractivity contribution in [1.29, 1.82) is 0 Å². The first-order valence-corrected chi connectivity index (χ1v) is 6.57. The Morgan fingerprint density at radius 3 is 2.67 bits per heavy atom. The van der Waals surface area contributed by atoms with Gasteiger partial charge in [0.25, 0.3) is 5.91 Å². The molecule has 1 heterocycles. The third kappa shape index (κ3) is 3.07. The van der Waals surface area contributed by atoms with Gasteiger partial charge in [0.15, 0.2) is 0 Å². The fourth-order valence-corrected chi connectivity index (χ4v) is 1.93. The van der Waals surface area contributed by atoms with Crippen LogP contribution in [0.3, 0.4) is 0 Å². The molecule has 18 heavy (non-hydrogen) atoms. The Morgan fingerprint density at radius 2 is 2.22 bits per heavy atom. The summed E-state index contributed by atoms with van der Waals surface area (Å²) < 4.78 is 0. The van der Waals surface area contributed by atoms with E-state index in [9.17, 15) is 4.79 Å². The molecule has 0 saturated heterocycles. The van der Waals surface area contributed by atoms with Crippen molar-refractivity contribution in [2.75, 3.05) is 6.54 Å². The predicted molar refractivity (Wildman–Crippen MR) is 71.0 cm³/mol. The van der Waals surface area contributed by atoms with Gasteiger partial charge in [0, 0.05) is 25.3 Å². The molecule has 98 valence electrons. The number of aromatic nitrogens is 1. The molecule has 0 unspecified atom stereocenters. The van der Waals surface area contributed by atoms with Gasteiger partial charge in [0.1, 0.15) is 5.69 Å². The highest BCUT2D eigenvalue weighted by atomic mass is 16.2. The maximum Gasteiger partial charge on any atom is 0.272 e. The van der Waals surface area contributed by atoms with Crippen molar-refractivity contribution in [3.05, 3.63) is 29.6 Å². The van der Waals surface area contributed by atoms with Crippen molar-refractivity contribution in [3.63, 3.8) is 0 Å². The first-order valence-electron chi connectivity index (χ1n) is 6.57. The molecule has 4 nitrogen and oxygen atoms in total. The maximum atomic E-state index is 12.4. The van der Waals surface area contributed by atoms with Crippen molar-refractivity contribution < 1.29 is 4.79 Å². The van der Waals surface area contributed by atoms with Crippen LogP contribution in [0.25, 0.3) is 0 Å². The summed E-state index contributed by atoms with van der Waals surface area (Å²) in [6, 6.07) is 3.86. The van der Waals surface area contributed by atoms with E-state index in [0.29, 0.717) is 18.2 Å². The molecule has 0 atom stereocenters. The van der Waals surface area contributed by atoms with Gasteiger partial charge in [0.2, 0.25) is 0 Å². The summed E-state index contributed by atoms with van der Waals surface area (Å²) in [6.45, 7) is 5.41. The smallest absolute Gasteiger partial charge is 0.272 e. The van der Waals surface area contributed by atoms with Crippen LogP contribution in [0.15, 0.2) is 18.3 Å². The minimum absolute atomic E-state index is 0.0282. The Hall–Kier alpha value is -1.42. The van der Waals surface area contributed by atoms with Crippen LogP contribution in [0.2, 0.25) is 0 Å². The summed E-state index contributed by atoms with van der Waals surface area (Å²) in [5.74, 6) is 0.722. The highest BCUT2D eigenvalue weighted by molar-refractivity contribution is 5.92. The molecule has 1 aliphatic rings. The highest BCUT2D eigenvalue weighted by Gasteiger charge is 2.29. The summed E-state index contributed by atoms with van der Waals surface area (Å²) >= 11 is 0. The number of hydrogen-bond acceptors (Lipinski definition) is 3. The zero-order valence-corrected chi connectivity index (χ0v) is 11.1. The molecule has 0 aliphatic heterocycles. The van der Waals surface area contributed by atoms with E-state index in [1.807, 2.05) is 11.0 Å². The van der Waals surface area contributed by atoms with E-state index in [4.69, 9.17) is 5.73 Å². The normalized spacial score (nSPS) is 14.9. The second-order valence-corrected chi connectivity index (χ2v) is 5.25. The van der Waals surface area contributed by atoms with Gasteiger partial charge in [-0.15, -0.1) is 0 Å². The summed E-state index contributed by atoms with van der Waals surface area (Å²) in [4.78, 5) is 18.5. The number of amides is 1. The van der Waals surface area contributed by atoms with Gasteiger partial charge in [-0.05, 0) is 44.2 Å². The minimum Gasteiger partial charge on any atom is -0.335 e. The van der Waals surface area contributed by atoms with E-state index in [1.54, 1.807) is 12.3 Å². The summed E-state index contributed by atoms with van der Waals surface area (Å²) in [5, 5.41) is 0. The number of rotatable bonds is 5. The van der Waals surface area contributed by atoms with Gasteiger partial charge in [-0.2, -0.15) is 0 Å². The van der Waals surface area contributed by atoms with Gasteiger partial charge in [-0.3, -0.25) is 9.78 Å². The van der Waals surface area contributed by atoms with Crippen molar-refractivity contribution in [3.8, 4) is 0 Å². The molecular weight excluding hydrogens is 226 g/mol. The molecule has 2 N–H and O–H groups in total. The van der Waals surface area contributed by atoms with Crippen LogP contribution in [-0.2, 0) is 6.54 Å². The fraction of sp³-hybridized carbons (Fsp3) is 0.571. The molecule has 0 radical (unpaired) electrons. The third-order valence-corrected chi connectivity index (χ3v) is 3.32. The second kappa shape index (κ2) is 5.48. The van der Waals surface area contributed by atoms with Gasteiger partial charge in [0.05, 0.1) is 0 Å². The van der Waals surface area contributed by atoms with Crippen LogP contribution in [0.5, 0.6) is 0 Å². The Morgan fingerprint density at radius 1 is 1.50 bits per heavy atom.